The second-order valence-corrected chi connectivity index (χ2v) is 7.75. The van der Waals surface area contributed by atoms with Gasteiger partial charge in [-0.25, -0.2) is 4.79 Å². The number of ether oxygens (including phenoxy) is 1. The number of carbonyl (C=O) groups is 2. The topological polar surface area (TPSA) is 91.2 Å². The Bertz CT molecular complexity index is 933. The molecule has 3 atom stereocenters. The Labute approximate surface area is 197 Å². The molecule has 0 saturated heterocycles. The minimum atomic E-state index is -0.992. The van der Waals surface area contributed by atoms with Gasteiger partial charge in [0.2, 0.25) is 5.91 Å². The molecule has 0 saturated carbocycles. The van der Waals surface area contributed by atoms with Crippen LogP contribution >= 0.6 is 0 Å². The van der Waals surface area contributed by atoms with Crippen molar-refractivity contribution < 1.29 is 19.4 Å². The van der Waals surface area contributed by atoms with Crippen LogP contribution in [0.15, 0.2) is 65.3 Å². The third kappa shape index (κ3) is 8.25. The second-order valence-electron chi connectivity index (χ2n) is 7.75. The van der Waals surface area contributed by atoms with Crippen molar-refractivity contribution in [2.24, 2.45) is 11.0 Å². The van der Waals surface area contributed by atoms with Crippen molar-refractivity contribution in [3.05, 3.63) is 65.8 Å². The van der Waals surface area contributed by atoms with E-state index in [-0.39, 0.29) is 23.8 Å². The Hall–Kier alpha value is -3.35. The predicted octanol–water partition coefficient (Wildman–Crippen LogP) is 4.70. The number of nitrogens with zero attached hydrogens (tertiary/aromatic N) is 2. The molecule has 0 aromatic heterocycles. The first-order chi connectivity index (χ1) is 15.6. The van der Waals surface area contributed by atoms with Crippen molar-refractivity contribution in [2.45, 2.75) is 60.2 Å². The zero-order valence-corrected chi connectivity index (χ0v) is 20.8. The number of hydrogen-bond donors (Lipinski definition) is 2. The molecule has 0 bridgehead atoms. The second kappa shape index (κ2) is 13.3. The molecular weight excluding hydrogens is 418 g/mol. The molecule has 7 nitrogen and oxygen atoms in total. The number of benzene rings is 1. The first kappa shape index (κ1) is 27.7. The average Bonchev–Trinajstić information content (AvgIpc) is 2.77. The summed E-state index contributed by atoms with van der Waals surface area (Å²) in [6, 6.07) is 7.42. The normalized spacial score (nSPS) is 19.5. The Morgan fingerprint density at radius 1 is 1.30 bits per heavy atom. The van der Waals surface area contributed by atoms with Gasteiger partial charge >= 0.3 is 5.97 Å². The van der Waals surface area contributed by atoms with E-state index in [1.165, 1.54) is 13.0 Å². The van der Waals surface area contributed by atoms with Crippen LogP contribution in [0, 0.1) is 12.8 Å². The van der Waals surface area contributed by atoms with Crippen molar-refractivity contribution in [1.29, 1.82) is 0 Å². The molecule has 1 heterocycles. The number of rotatable bonds is 8. The maximum atomic E-state index is 13.0. The molecule has 180 valence electrons. The highest BCUT2D eigenvalue weighted by atomic mass is 16.5. The summed E-state index contributed by atoms with van der Waals surface area (Å²) in [6.45, 7) is 14.9. The monoisotopic (exact) mass is 455 g/mol. The van der Waals surface area contributed by atoms with Crippen LogP contribution < -0.4 is 10.1 Å². The van der Waals surface area contributed by atoms with E-state index in [9.17, 15) is 9.59 Å². The van der Waals surface area contributed by atoms with Gasteiger partial charge in [0.25, 0.3) is 0 Å². The van der Waals surface area contributed by atoms with Crippen molar-refractivity contribution in [2.75, 3.05) is 7.05 Å². The third-order valence-electron chi connectivity index (χ3n) is 5.21. The summed E-state index contributed by atoms with van der Waals surface area (Å²) >= 11 is 0. The average molecular weight is 456 g/mol. The van der Waals surface area contributed by atoms with Gasteiger partial charge in [-0.2, -0.15) is 5.10 Å². The number of carboxylic acid groups (broad SMARTS) is 1. The van der Waals surface area contributed by atoms with E-state index >= 15 is 0 Å². The maximum absolute atomic E-state index is 13.0. The summed E-state index contributed by atoms with van der Waals surface area (Å²) in [7, 11) is 1.83. The fourth-order valence-electron chi connectivity index (χ4n) is 3.25. The van der Waals surface area contributed by atoms with Crippen molar-refractivity contribution in [3.8, 4) is 5.75 Å². The predicted molar refractivity (Wildman–Crippen MR) is 133 cm³/mol. The molecule has 2 rings (SSSR count). The molecule has 0 spiro atoms. The summed E-state index contributed by atoms with van der Waals surface area (Å²) < 4.78 is 6.09. The summed E-state index contributed by atoms with van der Waals surface area (Å²) in [6.07, 6.45) is 4.85. The number of hydrogen-bond acceptors (Lipinski definition) is 5. The molecule has 7 heteroatoms. The summed E-state index contributed by atoms with van der Waals surface area (Å²) in [5.74, 6) is -0.854. The number of aryl methyl sites for hydroxylation is 1. The van der Waals surface area contributed by atoms with Crippen LogP contribution in [-0.4, -0.2) is 47.0 Å². The van der Waals surface area contributed by atoms with Crippen molar-refractivity contribution >= 4 is 17.6 Å². The SMILES string of the molecule is C=C/C(=C\C=C(/C)C(=O)O)[C@H](C)NC(=O)C1CC(Oc2cccc(C)c2)N(C)N=C1C.CC. The van der Waals surface area contributed by atoms with Crippen molar-refractivity contribution in [1.82, 2.24) is 10.3 Å². The molecule has 1 aliphatic heterocycles. The van der Waals surface area contributed by atoms with E-state index in [1.807, 2.05) is 65.9 Å². The van der Waals surface area contributed by atoms with Gasteiger partial charge in [-0.05, 0) is 51.0 Å². The van der Waals surface area contributed by atoms with E-state index < -0.39 is 11.9 Å². The smallest absolute Gasteiger partial charge is 0.331 e. The van der Waals surface area contributed by atoms with Crippen LogP contribution in [0.5, 0.6) is 5.75 Å². The van der Waals surface area contributed by atoms with Gasteiger partial charge in [0.05, 0.1) is 12.0 Å². The quantitative estimate of drug-likeness (QED) is 0.438. The van der Waals surface area contributed by atoms with Gasteiger partial charge in [0.1, 0.15) is 5.75 Å². The number of hydrazone groups is 1. The molecule has 0 aliphatic carbocycles. The van der Waals surface area contributed by atoms with Gasteiger partial charge in [0.15, 0.2) is 6.23 Å². The summed E-state index contributed by atoms with van der Waals surface area (Å²) in [4.78, 5) is 24.0. The fourth-order valence-corrected chi connectivity index (χ4v) is 3.25. The molecule has 1 amide bonds. The Morgan fingerprint density at radius 3 is 2.55 bits per heavy atom. The lowest BCUT2D eigenvalue weighted by Gasteiger charge is -2.34. The zero-order valence-electron chi connectivity index (χ0n) is 20.8. The number of nitrogens with one attached hydrogen (secondary N) is 1. The lowest BCUT2D eigenvalue weighted by molar-refractivity contribution is -0.132. The van der Waals surface area contributed by atoms with Gasteiger partial charge in [-0.1, -0.05) is 50.8 Å². The summed E-state index contributed by atoms with van der Waals surface area (Å²) in [5, 5.41) is 18.2. The Kier molecular flexibility index (Phi) is 11.1. The van der Waals surface area contributed by atoms with Crippen molar-refractivity contribution in [3.63, 3.8) is 0 Å². The largest absolute Gasteiger partial charge is 0.478 e. The molecule has 1 aliphatic rings. The van der Waals surface area contributed by atoms with Crippen LogP contribution in [0.4, 0.5) is 0 Å². The van der Waals surface area contributed by atoms with E-state index in [2.05, 4.69) is 17.0 Å². The highest BCUT2D eigenvalue weighted by Crippen LogP contribution is 2.24. The van der Waals surface area contributed by atoms with Crippen LogP contribution in [0.1, 0.15) is 46.6 Å². The molecule has 1 aromatic rings. The molecule has 2 unspecified atom stereocenters. The Morgan fingerprint density at radius 2 is 1.97 bits per heavy atom. The van der Waals surface area contributed by atoms with Crippen LogP contribution in [0.25, 0.3) is 0 Å². The third-order valence-corrected chi connectivity index (χ3v) is 5.21. The lowest BCUT2D eigenvalue weighted by atomic mass is 9.95. The zero-order chi connectivity index (χ0) is 25.1. The lowest BCUT2D eigenvalue weighted by Crippen LogP contribution is -2.48. The van der Waals surface area contributed by atoms with E-state index in [1.54, 1.807) is 17.2 Å². The first-order valence-corrected chi connectivity index (χ1v) is 11.2. The molecule has 1 aromatic carbocycles. The minimum absolute atomic E-state index is 0.161. The van der Waals surface area contributed by atoms with Crippen LogP contribution in [0.3, 0.4) is 0 Å². The van der Waals surface area contributed by atoms with E-state index in [4.69, 9.17) is 9.84 Å². The number of aliphatic carboxylic acids is 1. The highest BCUT2D eigenvalue weighted by Gasteiger charge is 2.33. The maximum Gasteiger partial charge on any atom is 0.331 e. The molecule has 0 radical (unpaired) electrons. The van der Waals surface area contributed by atoms with Crippen LogP contribution in [-0.2, 0) is 9.59 Å². The number of allylic oxidation sites excluding steroid dienone is 2. The van der Waals surface area contributed by atoms with Gasteiger partial charge < -0.3 is 15.2 Å². The highest BCUT2D eigenvalue weighted by molar-refractivity contribution is 6.03. The van der Waals surface area contributed by atoms with Gasteiger partial charge in [-0.3, -0.25) is 9.80 Å². The summed E-state index contributed by atoms with van der Waals surface area (Å²) in [5.41, 5.74) is 2.72. The Balaban J connectivity index is 0.00000265. The standard InChI is InChI=1S/C24H31N3O4.C2H6/c1-7-19(12-11-16(3)24(29)30)17(4)25-23(28)21-14-22(27(6)26-18(21)5)31-20-10-8-9-15(2)13-20;1-2/h7-13,17,21-22H,1,14H2,2-6H3,(H,25,28)(H,29,30);1-2H3/b16-11+,19-12+;/t17-,21?,22?;/m0./s1. The number of carbonyl (C=O) groups excluding carboxylic acids is 1. The minimum Gasteiger partial charge on any atom is -0.478 e. The van der Waals surface area contributed by atoms with Gasteiger partial charge in [-0.15, -0.1) is 0 Å². The van der Waals surface area contributed by atoms with E-state index in [0.29, 0.717) is 17.7 Å². The first-order valence-electron chi connectivity index (χ1n) is 11.2. The van der Waals surface area contributed by atoms with Crippen LogP contribution in [0.2, 0.25) is 0 Å². The number of amides is 1. The molecule has 2 N–H and O–H groups in total. The fraction of sp³-hybridized carbons (Fsp3) is 0.423. The van der Waals surface area contributed by atoms with Gasteiger partial charge in [0, 0.05) is 24.8 Å². The van der Waals surface area contributed by atoms with E-state index in [0.717, 1.165) is 11.3 Å². The molecular formula is C26H37N3O4. The molecule has 0 fully saturated rings. The number of carboxylic acids is 1. The molecule has 33 heavy (non-hydrogen) atoms.